The highest BCUT2D eigenvalue weighted by molar-refractivity contribution is 9.10. The third kappa shape index (κ3) is 4.39. The van der Waals surface area contributed by atoms with Gasteiger partial charge in [0.05, 0.1) is 7.11 Å². The van der Waals surface area contributed by atoms with Crippen LogP contribution in [0.15, 0.2) is 0 Å². The summed E-state index contributed by atoms with van der Waals surface area (Å²) in [5.74, 6) is 0.415. The lowest BCUT2D eigenvalue weighted by molar-refractivity contribution is -0.139. The maximum Gasteiger partial charge on any atom is 0.320 e. The first-order chi connectivity index (χ1) is 7.65. The summed E-state index contributed by atoms with van der Waals surface area (Å²) in [5, 5.41) is 3.36. The Morgan fingerprint density at radius 1 is 1.56 bits per heavy atom. The van der Waals surface area contributed by atoms with E-state index in [4.69, 9.17) is 4.74 Å². The zero-order valence-corrected chi connectivity index (χ0v) is 11.5. The lowest BCUT2D eigenvalue weighted by Gasteiger charge is -2.28. The van der Waals surface area contributed by atoms with E-state index < -0.39 is 0 Å². The molecule has 0 aromatic carbocycles. The minimum absolute atomic E-state index is 0.230. The van der Waals surface area contributed by atoms with Crippen LogP contribution in [-0.2, 0) is 14.3 Å². The Bertz CT molecular complexity index is 219. The number of nitrogens with one attached hydrogen (secondary N) is 1. The number of carbonyl (C=O) groups excluding carboxylic acids is 1. The number of rotatable bonds is 5. The Hall–Kier alpha value is -0.130. The molecule has 5 heteroatoms. The second-order valence-electron chi connectivity index (χ2n) is 4.14. The molecular weight excluding hydrogens is 274 g/mol. The summed E-state index contributed by atoms with van der Waals surface area (Å²) in [6, 6.07) is 0.411. The van der Waals surface area contributed by atoms with E-state index in [-0.39, 0.29) is 10.8 Å². The van der Waals surface area contributed by atoms with Crippen LogP contribution in [0.1, 0.15) is 19.8 Å². The van der Waals surface area contributed by atoms with Crippen molar-refractivity contribution in [3.05, 3.63) is 0 Å². The summed E-state index contributed by atoms with van der Waals surface area (Å²) in [4.78, 5) is 10.9. The van der Waals surface area contributed by atoms with Crippen molar-refractivity contribution in [2.24, 2.45) is 5.92 Å². The van der Waals surface area contributed by atoms with Gasteiger partial charge in [-0.3, -0.25) is 4.79 Å². The van der Waals surface area contributed by atoms with Crippen LogP contribution in [0, 0.1) is 5.92 Å². The highest BCUT2D eigenvalue weighted by Crippen LogP contribution is 2.18. The van der Waals surface area contributed by atoms with Crippen LogP contribution < -0.4 is 5.32 Å². The predicted molar refractivity (Wildman–Crippen MR) is 65.7 cm³/mol. The second-order valence-corrected chi connectivity index (χ2v) is 5.24. The van der Waals surface area contributed by atoms with Crippen molar-refractivity contribution in [2.45, 2.75) is 30.6 Å². The monoisotopic (exact) mass is 293 g/mol. The number of hydrogen-bond donors (Lipinski definition) is 1. The molecule has 0 spiro atoms. The van der Waals surface area contributed by atoms with Gasteiger partial charge in [-0.2, -0.15) is 0 Å². The molecule has 1 aliphatic rings. The molecule has 1 saturated heterocycles. The molecule has 4 nitrogen and oxygen atoms in total. The van der Waals surface area contributed by atoms with Crippen LogP contribution in [0.5, 0.6) is 0 Å². The lowest BCUT2D eigenvalue weighted by Crippen LogP contribution is -2.41. The van der Waals surface area contributed by atoms with Gasteiger partial charge in [0, 0.05) is 25.8 Å². The first-order valence-corrected chi connectivity index (χ1v) is 6.59. The number of esters is 1. The van der Waals surface area contributed by atoms with Gasteiger partial charge in [-0.15, -0.1) is 0 Å². The summed E-state index contributed by atoms with van der Waals surface area (Å²) in [7, 11) is 1.40. The summed E-state index contributed by atoms with van der Waals surface area (Å²) in [6.45, 7) is 4.47. The first kappa shape index (κ1) is 13.9. The van der Waals surface area contributed by atoms with Gasteiger partial charge in [0.25, 0.3) is 0 Å². The minimum Gasteiger partial charge on any atom is -0.468 e. The van der Waals surface area contributed by atoms with E-state index in [1.807, 2.05) is 0 Å². The fourth-order valence-corrected chi connectivity index (χ4v) is 2.26. The van der Waals surface area contributed by atoms with E-state index >= 15 is 0 Å². The normalized spacial score (nSPS) is 21.4. The van der Waals surface area contributed by atoms with Crippen molar-refractivity contribution in [1.29, 1.82) is 0 Å². The topological polar surface area (TPSA) is 47.6 Å². The second kappa shape index (κ2) is 7.25. The lowest BCUT2D eigenvalue weighted by atomic mass is 9.93. The van der Waals surface area contributed by atoms with Gasteiger partial charge in [0.15, 0.2) is 0 Å². The summed E-state index contributed by atoms with van der Waals surface area (Å²) in [6.07, 6.45) is 2.19. The number of ether oxygens (including phenoxy) is 2. The van der Waals surface area contributed by atoms with Gasteiger partial charge in [-0.1, -0.05) is 15.9 Å². The highest BCUT2D eigenvalue weighted by Gasteiger charge is 2.22. The van der Waals surface area contributed by atoms with Crippen LogP contribution in [0.25, 0.3) is 0 Å². The average molecular weight is 294 g/mol. The highest BCUT2D eigenvalue weighted by atomic mass is 79.9. The van der Waals surface area contributed by atoms with Crippen molar-refractivity contribution in [1.82, 2.24) is 5.32 Å². The molecule has 1 heterocycles. The standard InChI is InChI=1S/C11H20BrNO3/c1-8(9-3-5-16-6-4-9)13-7-10(12)11(14)15-2/h8-10,13H,3-7H2,1-2H3. The number of alkyl halides is 1. The van der Waals surface area contributed by atoms with Crippen molar-refractivity contribution in [2.75, 3.05) is 26.9 Å². The van der Waals surface area contributed by atoms with Crippen molar-refractivity contribution in [3.8, 4) is 0 Å². The Labute approximate surface area is 105 Å². The van der Waals surface area contributed by atoms with Gasteiger partial charge in [0.2, 0.25) is 0 Å². The molecule has 94 valence electrons. The van der Waals surface area contributed by atoms with E-state index in [9.17, 15) is 4.79 Å². The van der Waals surface area contributed by atoms with Crippen LogP contribution >= 0.6 is 15.9 Å². The first-order valence-electron chi connectivity index (χ1n) is 5.68. The predicted octanol–water partition coefficient (Wildman–Crippen LogP) is 1.33. The zero-order valence-electron chi connectivity index (χ0n) is 9.87. The van der Waals surface area contributed by atoms with Gasteiger partial charge in [0.1, 0.15) is 4.83 Å². The molecule has 1 fully saturated rings. The molecule has 0 bridgehead atoms. The van der Waals surface area contributed by atoms with E-state index in [1.165, 1.54) is 7.11 Å². The largest absolute Gasteiger partial charge is 0.468 e. The molecule has 1 aliphatic heterocycles. The van der Waals surface area contributed by atoms with E-state index in [0.29, 0.717) is 18.5 Å². The molecular formula is C11H20BrNO3. The molecule has 0 aromatic heterocycles. The van der Waals surface area contributed by atoms with E-state index in [2.05, 4.69) is 32.9 Å². The molecule has 2 atom stereocenters. The summed E-state index contributed by atoms with van der Waals surface area (Å²) in [5.41, 5.74) is 0. The van der Waals surface area contributed by atoms with Crippen LogP contribution in [0.2, 0.25) is 0 Å². The maximum atomic E-state index is 11.2. The molecule has 1 N–H and O–H groups in total. The Morgan fingerprint density at radius 2 is 2.19 bits per heavy atom. The van der Waals surface area contributed by atoms with E-state index in [1.54, 1.807) is 0 Å². The fraction of sp³-hybridized carbons (Fsp3) is 0.909. The van der Waals surface area contributed by atoms with Crippen molar-refractivity contribution >= 4 is 21.9 Å². The SMILES string of the molecule is COC(=O)C(Br)CNC(C)C1CCOCC1. The summed E-state index contributed by atoms with van der Waals surface area (Å²) < 4.78 is 9.96. The van der Waals surface area contributed by atoms with Crippen LogP contribution in [0.3, 0.4) is 0 Å². The Morgan fingerprint density at radius 3 is 2.75 bits per heavy atom. The van der Waals surface area contributed by atoms with Gasteiger partial charge in [-0.05, 0) is 25.7 Å². The van der Waals surface area contributed by atoms with Crippen LogP contribution in [0.4, 0.5) is 0 Å². The molecule has 0 aliphatic carbocycles. The van der Waals surface area contributed by atoms with E-state index in [0.717, 1.165) is 26.1 Å². The average Bonchev–Trinajstić information content (AvgIpc) is 2.35. The van der Waals surface area contributed by atoms with Gasteiger partial charge >= 0.3 is 5.97 Å². The molecule has 1 rings (SSSR count). The molecule has 0 amide bonds. The number of carbonyl (C=O) groups is 1. The number of methoxy groups -OCH3 is 1. The summed E-state index contributed by atoms with van der Waals surface area (Å²) >= 11 is 3.29. The van der Waals surface area contributed by atoms with Gasteiger partial charge < -0.3 is 14.8 Å². The fourth-order valence-electron chi connectivity index (χ4n) is 1.88. The smallest absolute Gasteiger partial charge is 0.320 e. The maximum absolute atomic E-state index is 11.2. The molecule has 0 saturated carbocycles. The van der Waals surface area contributed by atoms with Crippen molar-refractivity contribution < 1.29 is 14.3 Å². The van der Waals surface area contributed by atoms with Crippen molar-refractivity contribution in [3.63, 3.8) is 0 Å². The Balaban J connectivity index is 2.23. The molecule has 2 unspecified atom stereocenters. The Kier molecular flexibility index (Phi) is 6.31. The number of halogens is 1. The quantitative estimate of drug-likeness (QED) is 0.614. The molecule has 0 aromatic rings. The van der Waals surface area contributed by atoms with Crippen LogP contribution in [-0.4, -0.2) is 43.7 Å². The third-order valence-corrected chi connectivity index (χ3v) is 3.75. The molecule has 16 heavy (non-hydrogen) atoms. The molecule has 0 radical (unpaired) electrons. The minimum atomic E-state index is -0.264. The van der Waals surface area contributed by atoms with Gasteiger partial charge in [-0.25, -0.2) is 0 Å². The zero-order chi connectivity index (χ0) is 12.0. The number of hydrogen-bond acceptors (Lipinski definition) is 4. The third-order valence-electron chi connectivity index (χ3n) is 3.05.